The molecule has 0 aliphatic heterocycles. The van der Waals surface area contributed by atoms with Crippen LogP contribution in [0.2, 0.25) is 0 Å². The zero-order valence-electron chi connectivity index (χ0n) is 16.1. The Kier molecular flexibility index (Phi) is 4.24. The monoisotopic (exact) mass is 413 g/mol. The zero-order chi connectivity index (χ0) is 21.5. The molecule has 2 aromatic rings. The van der Waals surface area contributed by atoms with E-state index in [-0.39, 0.29) is 11.1 Å². The maximum absolute atomic E-state index is 9.66. The molecule has 142 valence electrons. The minimum absolute atomic E-state index is 0.0361. The van der Waals surface area contributed by atoms with Crippen molar-refractivity contribution in [1.29, 1.82) is 21.0 Å². The van der Waals surface area contributed by atoms with E-state index in [1.807, 2.05) is 36.4 Å². The zero-order valence-corrected chi connectivity index (χ0v) is 16.9. The molecule has 0 bridgehead atoms. The van der Waals surface area contributed by atoms with Crippen molar-refractivity contribution in [3.63, 3.8) is 0 Å². The molecule has 0 N–H and O–H groups in total. The molecule has 5 nitrogen and oxygen atoms in total. The molecule has 6 heteroatoms. The van der Waals surface area contributed by atoms with E-state index in [0.717, 1.165) is 56.1 Å². The van der Waals surface area contributed by atoms with Gasteiger partial charge in [0.15, 0.2) is 0 Å². The van der Waals surface area contributed by atoms with Crippen molar-refractivity contribution in [3.05, 3.63) is 80.2 Å². The Balaban J connectivity index is 1.95. The van der Waals surface area contributed by atoms with E-state index in [2.05, 4.69) is 23.2 Å². The first-order valence-electron chi connectivity index (χ1n) is 9.54. The van der Waals surface area contributed by atoms with E-state index in [1.165, 1.54) is 11.3 Å². The van der Waals surface area contributed by atoms with Gasteiger partial charge in [-0.3, -0.25) is 4.98 Å². The summed E-state index contributed by atoms with van der Waals surface area (Å²) in [5.41, 5.74) is 6.64. The van der Waals surface area contributed by atoms with Crippen molar-refractivity contribution >= 4 is 28.1 Å². The summed E-state index contributed by atoms with van der Waals surface area (Å²) in [6, 6.07) is 11.8. The van der Waals surface area contributed by atoms with Crippen molar-refractivity contribution in [2.24, 2.45) is 0 Å². The summed E-state index contributed by atoms with van der Waals surface area (Å²) in [5, 5.41) is 38.5. The predicted molar refractivity (Wildman–Crippen MR) is 117 cm³/mol. The fraction of sp³-hybridized carbons (Fsp3) is 0.0800. The van der Waals surface area contributed by atoms with Crippen LogP contribution in [-0.2, 0) is 0 Å². The predicted octanol–water partition coefficient (Wildman–Crippen LogP) is 5.45. The molecule has 2 heterocycles. The third-order valence-corrected chi connectivity index (χ3v) is 6.82. The highest BCUT2D eigenvalue weighted by atomic mass is 32.1. The third-order valence-electron chi connectivity index (χ3n) is 5.59. The summed E-state index contributed by atoms with van der Waals surface area (Å²) in [4.78, 5) is 6.23. The number of aromatic nitrogens is 1. The van der Waals surface area contributed by atoms with Gasteiger partial charge in [-0.1, -0.05) is 30.4 Å². The first-order chi connectivity index (χ1) is 15.2. The van der Waals surface area contributed by atoms with Gasteiger partial charge in [-0.2, -0.15) is 21.0 Å². The van der Waals surface area contributed by atoms with Crippen molar-refractivity contribution < 1.29 is 0 Å². The van der Waals surface area contributed by atoms with Crippen LogP contribution in [0.1, 0.15) is 33.7 Å². The number of allylic oxidation sites excluding steroid dienone is 9. The average molecular weight is 413 g/mol. The molecule has 2 aromatic heterocycles. The molecule has 3 aliphatic rings. The molecule has 0 fully saturated rings. The Hall–Kier alpha value is -4.49. The van der Waals surface area contributed by atoms with Crippen LogP contribution in [0.3, 0.4) is 0 Å². The lowest BCUT2D eigenvalue weighted by Gasteiger charge is -2.08. The van der Waals surface area contributed by atoms with E-state index >= 15 is 0 Å². The summed E-state index contributed by atoms with van der Waals surface area (Å²) in [5.74, 6) is 0. The Morgan fingerprint density at radius 2 is 1.61 bits per heavy atom. The highest BCUT2D eigenvalue weighted by Crippen LogP contribution is 2.59. The quantitative estimate of drug-likeness (QED) is 0.456. The number of rotatable bonds is 0. The van der Waals surface area contributed by atoms with Gasteiger partial charge in [-0.15, -0.1) is 11.3 Å². The lowest BCUT2D eigenvalue weighted by atomic mass is 9.95. The topological polar surface area (TPSA) is 108 Å². The molecule has 0 aromatic carbocycles. The summed E-state index contributed by atoms with van der Waals surface area (Å²) < 4.78 is 0. The Morgan fingerprint density at radius 3 is 2.35 bits per heavy atom. The minimum Gasteiger partial charge on any atom is -0.256 e. The van der Waals surface area contributed by atoms with Crippen LogP contribution in [0, 0.1) is 45.3 Å². The van der Waals surface area contributed by atoms with Gasteiger partial charge in [-0.25, -0.2) is 0 Å². The van der Waals surface area contributed by atoms with Gasteiger partial charge in [0.25, 0.3) is 0 Å². The van der Waals surface area contributed by atoms with Crippen molar-refractivity contribution in [2.75, 3.05) is 0 Å². The van der Waals surface area contributed by atoms with Gasteiger partial charge in [0, 0.05) is 43.8 Å². The van der Waals surface area contributed by atoms with Gasteiger partial charge >= 0.3 is 0 Å². The molecule has 0 spiro atoms. The number of nitriles is 4. The molecule has 0 saturated heterocycles. The second kappa shape index (κ2) is 7.08. The van der Waals surface area contributed by atoms with Crippen LogP contribution in [0.5, 0.6) is 0 Å². The fourth-order valence-electron chi connectivity index (χ4n) is 4.40. The first-order valence-corrected chi connectivity index (χ1v) is 10.4. The standard InChI is InChI=1S/C25H11N5S/c26-10-14(11-27)19-16-6-3-1-2-4-7-17(16)21-22-23-18(8-5-9-30-23)20(15(12-28)13-29)25(22)31-24(19)21/h1-3,5-6,8-9H,4,7H2/b2-1-,6-3?. The maximum atomic E-state index is 9.66. The molecule has 0 atom stereocenters. The van der Waals surface area contributed by atoms with Crippen LogP contribution in [0.25, 0.3) is 28.0 Å². The van der Waals surface area contributed by atoms with Gasteiger partial charge in [-0.05, 0) is 30.1 Å². The SMILES string of the molecule is N#CC(C#N)=C1C2=C(CC/C=C\C=C2)c2c1sc1c2-c2ncccc2C1=C(C#N)C#N. The van der Waals surface area contributed by atoms with E-state index in [9.17, 15) is 21.0 Å². The van der Waals surface area contributed by atoms with E-state index in [4.69, 9.17) is 0 Å². The largest absolute Gasteiger partial charge is 0.256 e. The molecular formula is C25H11N5S. The normalized spacial score (nSPS) is 15.9. The third kappa shape index (κ3) is 2.47. The summed E-state index contributed by atoms with van der Waals surface area (Å²) in [6.07, 6.45) is 11.2. The molecule has 0 saturated carbocycles. The lowest BCUT2D eigenvalue weighted by Crippen LogP contribution is -1.89. The van der Waals surface area contributed by atoms with E-state index in [0.29, 0.717) is 11.1 Å². The molecule has 31 heavy (non-hydrogen) atoms. The summed E-state index contributed by atoms with van der Waals surface area (Å²) >= 11 is 1.43. The number of hydrogen-bond donors (Lipinski definition) is 0. The van der Waals surface area contributed by atoms with Gasteiger partial charge in [0.2, 0.25) is 0 Å². The molecular weight excluding hydrogens is 402 g/mol. The number of fused-ring (bicyclic) bond motifs is 6. The second-order valence-electron chi connectivity index (χ2n) is 7.08. The molecule has 0 radical (unpaired) electrons. The van der Waals surface area contributed by atoms with Crippen molar-refractivity contribution in [3.8, 4) is 35.5 Å². The highest BCUT2D eigenvalue weighted by Gasteiger charge is 2.40. The maximum Gasteiger partial charge on any atom is 0.139 e. The van der Waals surface area contributed by atoms with E-state index in [1.54, 1.807) is 12.3 Å². The highest BCUT2D eigenvalue weighted by molar-refractivity contribution is 7.15. The number of pyridine rings is 1. The van der Waals surface area contributed by atoms with Crippen LogP contribution < -0.4 is 0 Å². The van der Waals surface area contributed by atoms with Crippen LogP contribution >= 0.6 is 11.3 Å². The van der Waals surface area contributed by atoms with Gasteiger partial charge in [0.1, 0.15) is 35.4 Å². The lowest BCUT2D eigenvalue weighted by molar-refractivity contribution is 1.07. The molecule has 0 amide bonds. The fourth-order valence-corrected chi connectivity index (χ4v) is 5.86. The molecule has 5 rings (SSSR count). The van der Waals surface area contributed by atoms with Gasteiger partial charge in [0.05, 0.1) is 5.69 Å². The van der Waals surface area contributed by atoms with Crippen LogP contribution in [0.15, 0.2) is 59.4 Å². The number of thiophene rings is 1. The number of nitrogens with zero attached hydrogens (tertiary/aromatic N) is 5. The van der Waals surface area contributed by atoms with Crippen LogP contribution in [0.4, 0.5) is 0 Å². The van der Waals surface area contributed by atoms with Crippen molar-refractivity contribution in [2.45, 2.75) is 12.8 Å². The summed E-state index contributed by atoms with van der Waals surface area (Å²) in [7, 11) is 0. The average Bonchev–Trinajstić information content (AvgIpc) is 3.38. The Labute approximate surface area is 182 Å². The minimum atomic E-state index is 0.0361. The summed E-state index contributed by atoms with van der Waals surface area (Å²) in [6.45, 7) is 0. The smallest absolute Gasteiger partial charge is 0.139 e. The second-order valence-corrected chi connectivity index (χ2v) is 8.10. The van der Waals surface area contributed by atoms with Gasteiger partial charge < -0.3 is 0 Å². The molecule has 3 aliphatic carbocycles. The van der Waals surface area contributed by atoms with Crippen LogP contribution in [-0.4, -0.2) is 4.98 Å². The Bertz CT molecular complexity index is 1480. The van der Waals surface area contributed by atoms with E-state index < -0.39 is 0 Å². The Morgan fingerprint density at radius 1 is 0.903 bits per heavy atom. The van der Waals surface area contributed by atoms with Crippen molar-refractivity contribution in [1.82, 2.24) is 4.98 Å². The molecule has 0 unspecified atom stereocenters. The number of hydrogen-bond acceptors (Lipinski definition) is 6. The first kappa shape index (κ1) is 18.5.